The number of ether oxygens (including phenoxy) is 1. The number of carbonyl (C=O) groups excluding carboxylic acids is 2. The standard InChI is InChI=1S/C26H31FN2O3/c1-17(2)24-25(30)28-22(19-13-15-20(27)16-14-19)11-7-5-9-18(3)32-23-12-8-6-10-21(23)26(31)29(24)4/h5-8,10,12-18,22,24H,9,11H2,1-4H3,(H,28,30)/b7-5+/t18-,22-,24+/m1/s1. The van der Waals surface area contributed by atoms with E-state index in [0.717, 1.165) is 5.56 Å². The van der Waals surface area contributed by atoms with Crippen molar-refractivity contribution >= 4 is 11.8 Å². The number of benzene rings is 2. The highest BCUT2D eigenvalue weighted by Gasteiger charge is 2.33. The van der Waals surface area contributed by atoms with Crippen molar-refractivity contribution in [3.8, 4) is 5.75 Å². The highest BCUT2D eigenvalue weighted by atomic mass is 19.1. The van der Waals surface area contributed by atoms with Crippen molar-refractivity contribution in [3.05, 3.63) is 77.6 Å². The average molecular weight is 439 g/mol. The van der Waals surface area contributed by atoms with Gasteiger partial charge in [-0.25, -0.2) is 4.39 Å². The van der Waals surface area contributed by atoms with Gasteiger partial charge in [0.2, 0.25) is 5.91 Å². The molecule has 1 aliphatic heterocycles. The fraction of sp³-hybridized carbons (Fsp3) is 0.385. The monoisotopic (exact) mass is 438 g/mol. The highest BCUT2D eigenvalue weighted by molar-refractivity contribution is 5.99. The molecule has 5 nitrogen and oxygen atoms in total. The minimum atomic E-state index is -0.678. The van der Waals surface area contributed by atoms with Crippen molar-refractivity contribution in [3.63, 3.8) is 0 Å². The summed E-state index contributed by atoms with van der Waals surface area (Å²) in [5.41, 5.74) is 1.24. The van der Waals surface area contributed by atoms with Crippen molar-refractivity contribution in [1.29, 1.82) is 0 Å². The van der Waals surface area contributed by atoms with Crippen LogP contribution in [0.4, 0.5) is 4.39 Å². The van der Waals surface area contributed by atoms with Crippen LogP contribution < -0.4 is 10.1 Å². The Balaban J connectivity index is 1.99. The van der Waals surface area contributed by atoms with Crippen LogP contribution in [-0.4, -0.2) is 35.9 Å². The number of carbonyl (C=O) groups is 2. The third kappa shape index (κ3) is 5.55. The van der Waals surface area contributed by atoms with E-state index in [1.165, 1.54) is 17.0 Å². The average Bonchev–Trinajstić information content (AvgIpc) is 2.75. The van der Waals surface area contributed by atoms with Gasteiger partial charge in [0.25, 0.3) is 5.91 Å². The second kappa shape index (κ2) is 10.4. The summed E-state index contributed by atoms with van der Waals surface area (Å²) in [5, 5.41) is 3.09. The Kier molecular flexibility index (Phi) is 7.67. The van der Waals surface area contributed by atoms with Crippen LogP contribution in [0.3, 0.4) is 0 Å². The molecule has 0 radical (unpaired) electrons. The number of hydrogen-bond donors (Lipinski definition) is 1. The fourth-order valence-corrected chi connectivity index (χ4v) is 4.00. The van der Waals surface area contributed by atoms with Gasteiger partial charge in [-0.1, -0.05) is 50.3 Å². The first kappa shape index (κ1) is 23.5. The first-order valence-electron chi connectivity index (χ1n) is 11.0. The van der Waals surface area contributed by atoms with Gasteiger partial charge >= 0.3 is 0 Å². The topological polar surface area (TPSA) is 58.6 Å². The van der Waals surface area contributed by atoms with Gasteiger partial charge in [0.05, 0.1) is 17.7 Å². The maximum absolute atomic E-state index is 13.4. The number of hydrogen-bond acceptors (Lipinski definition) is 3. The zero-order valence-electron chi connectivity index (χ0n) is 19.0. The first-order chi connectivity index (χ1) is 15.3. The number of halogens is 1. The van der Waals surface area contributed by atoms with E-state index < -0.39 is 6.04 Å². The van der Waals surface area contributed by atoms with E-state index in [4.69, 9.17) is 4.74 Å². The van der Waals surface area contributed by atoms with E-state index in [9.17, 15) is 14.0 Å². The largest absolute Gasteiger partial charge is 0.490 e. The molecule has 2 aromatic carbocycles. The molecule has 0 aromatic heterocycles. The summed E-state index contributed by atoms with van der Waals surface area (Å²) in [6.07, 6.45) is 5.08. The van der Waals surface area contributed by atoms with Crippen molar-refractivity contribution in [2.45, 2.75) is 51.8 Å². The summed E-state index contributed by atoms with van der Waals surface area (Å²) in [5.74, 6) is -0.454. The van der Waals surface area contributed by atoms with Crippen LogP contribution in [-0.2, 0) is 4.79 Å². The lowest BCUT2D eigenvalue weighted by molar-refractivity contribution is -0.127. The molecule has 0 fully saturated rings. The molecule has 170 valence electrons. The van der Waals surface area contributed by atoms with Gasteiger partial charge in [-0.2, -0.15) is 0 Å². The van der Waals surface area contributed by atoms with Gasteiger partial charge in [0.15, 0.2) is 0 Å². The van der Waals surface area contributed by atoms with Crippen LogP contribution in [0.15, 0.2) is 60.7 Å². The second-order valence-electron chi connectivity index (χ2n) is 8.59. The van der Waals surface area contributed by atoms with E-state index in [2.05, 4.69) is 5.32 Å². The lowest BCUT2D eigenvalue weighted by Crippen LogP contribution is -2.51. The number of nitrogens with one attached hydrogen (secondary N) is 1. The Hall–Kier alpha value is -3.15. The molecule has 1 N–H and O–H groups in total. The Morgan fingerprint density at radius 2 is 1.69 bits per heavy atom. The van der Waals surface area contributed by atoms with Gasteiger partial charge < -0.3 is 15.0 Å². The number of rotatable bonds is 2. The maximum atomic E-state index is 13.4. The molecule has 0 bridgehead atoms. The molecule has 32 heavy (non-hydrogen) atoms. The summed E-state index contributed by atoms with van der Waals surface area (Å²) in [6.45, 7) is 5.78. The van der Waals surface area contributed by atoms with Crippen LogP contribution in [0.25, 0.3) is 0 Å². The van der Waals surface area contributed by atoms with Crippen molar-refractivity contribution < 1.29 is 18.7 Å². The smallest absolute Gasteiger partial charge is 0.258 e. The summed E-state index contributed by atoms with van der Waals surface area (Å²) < 4.78 is 19.5. The summed E-state index contributed by atoms with van der Waals surface area (Å²) >= 11 is 0. The van der Waals surface area contributed by atoms with Gasteiger partial charge in [0, 0.05) is 13.5 Å². The molecule has 0 saturated heterocycles. The van der Waals surface area contributed by atoms with Gasteiger partial charge in [-0.3, -0.25) is 9.59 Å². The van der Waals surface area contributed by atoms with Crippen LogP contribution >= 0.6 is 0 Å². The predicted molar refractivity (Wildman–Crippen MR) is 123 cm³/mol. The molecule has 1 heterocycles. The molecule has 1 aliphatic rings. The summed E-state index contributed by atoms with van der Waals surface area (Å²) in [7, 11) is 1.64. The van der Waals surface area contributed by atoms with Gasteiger partial charge in [0.1, 0.15) is 17.6 Å². The third-order valence-electron chi connectivity index (χ3n) is 5.68. The van der Waals surface area contributed by atoms with Crippen molar-refractivity contribution in [2.75, 3.05) is 7.05 Å². The normalized spacial score (nSPS) is 23.7. The summed E-state index contributed by atoms with van der Waals surface area (Å²) in [6, 6.07) is 12.2. The quantitative estimate of drug-likeness (QED) is 0.679. The third-order valence-corrected chi connectivity index (χ3v) is 5.68. The number of likely N-dealkylation sites (N-methyl/N-ethyl adjacent to an activating group) is 1. The van der Waals surface area contributed by atoms with E-state index >= 15 is 0 Å². The Labute approximate surface area is 189 Å². The van der Waals surface area contributed by atoms with E-state index in [-0.39, 0.29) is 35.7 Å². The van der Waals surface area contributed by atoms with E-state index in [1.54, 1.807) is 37.4 Å². The minimum Gasteiger partial charge on any atom is -0.490 e. The molecule has 2 amide bonds. The van der Waals surface area contributed by atoms with Crippen molar-refractivity contribution in [2.24, 2.45) is 5.92 Å². The molecular formula is C26H31FN2O3. The number of amides is 2. The van der Waals surface area contributed by atoms with Gasteiger partial charge in [-0.05, 0) is 49.1 Å². The lowest BCUT2D eigenvalue weighted by atomic mass is 9.98. The fourth-order valence-electron chi connectivity index (χ4n) is 4.00. The summed E-state index contributed by atoms with van der Waals surface area (Å²) in [4.78, 5) is 28.2. The van der Waals surface area contributed by atoms with Crippen molar-refractivity contribution in [1.82, 2.24) is 10.2 Å². The molecule has 0 spiro atoms. The lowest BCUT2D eigenvalue weighted by Gasteiger charge is -2.32. The molecule has 0 aliphatic carbocycles. The zero-order valence-corrected chi connectivity index (χ0v) is 19.0. The Morgan fingerprint density at radius 3 is 2.38 bits per heavy atom. The maximum Gasteiger partial charge on any atom is 0.258 e. The molecule has 0 unspecified atom stereocenters. The Bertz CT molecular complexity index is 971. The number of nitrogens with zero attached hydrogens (tertiary/aromatic N) is 1. The molecule has 0 saturated carbocycles. The van der Waals surface area contributed by atoms with Crippen LogP contribution in [0.1, 0.15) is 55.6 Å². The van der Waals surface area contributed by atoms with Crippen LogP contribution in [0, 0.1) is 11.7 Å². The molecule has 3 rings (SSSR count). The van der Waals surface area contributed by atoms with Gasteiger partial charge in [-0.15, -0.1) is 0 Å². The molecule has 2 aromatic rings. The molecule has 6 heteroatoms. The highest BCUT2D eigenvalue weighted by Crippen LogP contribution is 2.25. The molecule has 3 atom stereocenters. The second-order valence-corrected chi connectivity index (χ2v) is 8.59. The SMILES string of the molecule is CC(C)[C@H]1C(=O)N[C@@H](c2ccc(F)cc2)C/C=C/C[C@@H](C)Oc2ccccc2C(=O)N1C. The Morgan fingerprint density at radius 1 is 1.03 bits per heavy atom. The number of fused-ring (bicyclic) bond motifs is 1. The van der Waals surface area contributed by atoms with Crippen LogP contribution in [0.2, 0.25) is 0 Å². The zero-order chi connectivity index (χ0) is 23.3. The van der Waals surface area contributed by atoms with E-state index in [1.807, 2.05) is 39.0 Å². The first-order valence-corrected chi connectivity index (χ1v) is 11.0. The van der Waals surface area contributed by atoms with Crippen LogP contribution in [0.5, 0.6) is 5.75 Å². The number of para-hydroxylation sites is 1. The van der Waals surface area contributed by atoms with E-state index in [0.29, 0.717) is 24.2 Å². The predicted octanol–water partition coefficient (Wildman–Crippen LogP) is 4.90. The minimum absolute atomic E-state index is 0.117. The molecular weight excluding hydrogens is 407 g/mol.